The van der Waals surface area contributed by atoms with Crippen molar-refractivity contribution in [1.29, 1.82) is 0 Å². The molecule has 1 aromatic heterocycles. The van der Waals surface area contributed by atoms with E-state index in [2.05, 4.69) is 4.98 Å². The molecule has 43 heavy (non-hydrogen) atoms. The Bertz CT molecular complexity index is 1920. The summed E-state index contributed by atoms with van der Waals surface area (Å²) in [7, 11) is 0. The number of thiazole rings is 1. The number of carbonyl (C=O) groups excluding carboxylic acids is 2. The highest BCUT2D eigenvalue weighted by Crippen LogP contribution is 2.45. The number of aliphatic hydroxyl groups excluding tert-OH is 1. The molecule has 1 fully saturated rings. The first-order chi connectivity index (χ1) is 20.9. The van der Waals surface area contributed by atoms with Crippen molar-refractivity contribution < 1.29 is 28.6 Å². The van der Waals surface area contributed by atoms with Gasteiger partial charge in [-0.3, -0.25) is 14.5 Å². The first-order valence-corrected chi connectivity index (χ1v) is 14.6. The molecule has 3 heterocycles. The molecule has 7 nitrogen and oxygen atoms in total. The molecule has 4 aromatic carbocycles. The topological polar surface area (TPSA) is 89.0 Å². The predicted octanol–water partition coefficient (Wildman–Crippen LogP) is 6.96. The van der Waals surface area contributed by atoms with E-state index in [9.17, 15) is 19.1 Å². The molecule has 0 radical (unpaired) electrons. The van der Waals surface area contributed by atoms with Gasteiger partial charge in [-0.15, -0.1) is 0 Å². The van der Waals surface area contributed by atoms with Crippen molar-refractivity contribution in [2.75, 3.05) is 4.90 Å². The van der Waals surface area contributed by atoms with Gasteiger partial charge < -0.3 is 14.6 Å². The number of Topliss-reactive ketones (excluding diaryl/α,β-unsaturated/α-hetero) is 1. The Kier molecular flexibility index (Phi) is 6.66. The van der Waals surface area contributed by atoms with Gasteiger partial charge in [0.15, 0.2) is 5.13 Å². The van der Waals surface area contributed by atoms with Crippen LogP contribution in [0.25, 0.3) is 16.0 Å². The lowest BCUT2D eigenvalue weighted by Gasteiger charge is -2.23. The van der Waals surface area contributed by atoms with Gasteiger partial charge in [0.1, 0.15) is 35.8 Å². The standard InChI is InChI=1S/C34H25FN2O5S/c1-19-15-23-16-22(9-14-27(23)42-19)31(38)29-30(21-7-11-25(12-8-21)41-18-20-5-3-2-4-6-20)37(33(40)32(29)39)34-36-26-13-10-24(35)17-28(26)43-34/h2-14,16-17,19,30,38H,15,18H2,1H3/b31-29+/t19-,30-/m0/s1. The predicted molar refractivity (Wildman–Crippen MR) is 162 cm³/mol. The monoisotopic (exact) mass is 592 g/mol. The zero-order chi connectivity index (χ0) is 29.7. The summed E-state index contributed by atoms with van der Waals surface area (Å²) in [5, 5.41) is 11.8. The summed E-state index contributed by atoms with van der Waals surface area (Å²) < 4.78 is 26.2. The number of aromatic nitrogens is 1. The highest BCUT2D eigenvalue weighted by molar-refractivity contribution is 7.22. The van der Waals surface area contributed by atoms with Gasteiger partial charge in [0, 0.05) is 12.0 Å². The highest BCUT2D eigenvalue weighted by Gasteiger charge is 2.48. The zero-order valence-corrected chi connectivity index (χ0v) is 23.8. The first-order valence-electron chi connectivity index (χ1n) is 13.8. The number of fused-ring (bicyclic) bond motifs is 2. The summed E-state index contributed by atoms with van der Waals surface area (Å²) >= 11 is 1.10. The lowest BCUT2D eigenvalue weighted by molar-refractivity contribution is -0.132. The van der Waals surface area contributed by atoms with Gasteiger partial charge in [0.05, 0.1) is 21.8 Å². The average molecular weight is 593 g/mol. The molecule has 0 unspecified atom stereocenters. The molecule has 0 bridgehead atoms. The van der Waals surface area contributed by atoms with Crippen LogP contribution < -0.4 is 14.4 Å². The van der Waals surface area contributed by atoms with Crippen LogP contribution in [0.15, 0.2) is 96.6 Å². The Morgan fingerprint density at radius 3 is 2.63 bits per heavy atom. The van der Waals surface area contributed by atoms with Crippen LogP contribution in [-0.4, -0.2) is 27.9 Å². The van der Waals surface area contributed by atoms with Crippen molar-refractivity contribution in [2.45, 2.75) is 32.1 Å². The fourth-order valence-corrected chi connectivity index (χ4v) is 6.56. The van der Waals surface area contributed by atoms with Crippen LogP contribution >= 0.6 is 11.3 Å². The van der Waals surface area contributed by atoms with Gasteiger partial charge in [-0.2, -0.15) is 0 Å². The van der Waals surface area contributed by atoms with Gasteiger partial charge in [-0.05, 0) is 72.1 Å². The van der Waals surface area contributed by atoms with Crippen molar-refractivity contribution in [3.63, 3.8) is 0 Å². The van der Waals surface area contributed by atoms with E-state index in [1.165, 1.54) is 23.1 Å². The minimum atomic E-state index is -0.975. The molecule has 1 N–H and O–H groups in total. The fourth-order valence-electron chi connectivity index (χ4n) is 5.55. The molecule has 7 rings (SSSR count). The van der Waals surface area contributed by atoms with Crippen molar-refractivity contribution in [3.05, 3.63) is 125 Å². The van der Waals surface area contributed by atoms with E-state index in [1.807, 2.05) is 37.3 Å². The number of halogens is 1. The molecular weight excluding hydrogens is 567 g/mol. The molecule has 1 amide bonds. The number of carbonyl (C=O) groups is 2. The fraction of sp³-hybridized carbons (Fsp3) is 0.147. The molecule has 9 heteroatoms. The minimum absolute atomic E-state index is 0.00414. The second-order valence-corrected chi connectivity index (χ2v) is 11.6. The number of ether oxygens (including phenoxy) is 2. The summed E-state index contributed by atoms with van der Waals surface area (Å²) in [6.07, 6.45) is 0.672. The van der Waals surface area contributed by atoms with Gasteiger partial charge >= 0.3 is 5.91 Å². The van der Waals surface area contributed by atoms with Crippen LogP contribution in [0.1, 0.15) is 35.2 Å². The molecule has 0 aliphatic carbocycles. The second kappa shape index (κ2) is 10.7. The molecule has 1 saturated heterocycles. The second-order valence-electron chi connectivity index (χ2n) is 10.6. The number of anilines is 1. The number of amides is 1. The van der Waals surface area contributed by atoms with Crippen molar-refractivity contribution in [2.24, 2.45) is 0 Å². The summed E-state index contributed by atoms with van der Waals surface area (Å²) in [6.45, 7) is 2.34. The molecule has 0 saturated carbocycles. The number of aliphatic hydroxyl groups is 1. The smallest absolute Gasteiger partial charge is 0.301 e. The van der Waals surface area contributed by atoms with Gasteiger partial charge in [-0.1, -0.05) is 53.8 Å². The molecular formula is C34H25FN2O5S. The number of benzene rings is 4. The summed E-state index contributed by atoms with van der Waals surface area (Å²) in [5.74, 6) is -1.04. The maximum Gasteiger partial charge on any atom is 0.301 e. The van der Waals surface area contributed by atoms with E-state index in [-0.39, 0.29) is 22.6 Å². The SMILES string of the molecule is C[C@H]1Cc2cc(/C(O)=C3\C(=O)C(=O)N(c4nc5ccc(F)cc5s4)[C@H]3c3ccc(OCc4ccccc4)cc3)ccc2O1. The van der Waals surface area contributed by atoms with Gasteiger partial charge in [-0.25, -0.2) is 9.37 Å². The molecule has 2 atom stereocenters. The number of hydrogen-bond donors (Lipinski definition) is 1. The van der Waals surface area contributed by atoms with E-state index in [1.54, 1.807) is 42.5 Å². The molecule has 5 aromatic rings. The number of nitrogens with zero attached hydrogens (tertiary/aromatic N) is 2. The maximum absolute atomic E-state index is 14.0. The third-order valence-corrected chi connectivity index (χ3v) is 8.62. The van der Waals surface area contributed by atoms with E-state index in [0.29, 0.717) is 40.1 Å². The summed E-state index contributed by atoms with van der Waals surface area (Å²) in [6, 6.07) is 25.2. The van der Waals surface area contributed by atoms with Gasteiger partial charge in [0.2, 0.25) is 0 Å². The molecule has 214 valence electrons. The maximum atomic E-state index is 14.0. The first kappa shape index (κ1) is 26.9. The normalized spacial score (nSPS) is 19.1. The van der Waals surface area contributed by atoms with E-state index in [4.69, 9.17) is 9.47 Å². The molecule has 2 aliphatic rings. The molecule has 0 spiro atoms. The minimum Gasteiger partial charge on any atom is -0.507 e. The third kappa shape index (κ3) is 4.91. The Labute approximate surface area is 250 Å². The van der Waals surface area contributed by atoms with Gasteiger partial charge in [0.25, 0.3) is 5.78 Å². The van der Waals surface area contributed by atoms with Crippen LogP contribution in [0, 0.1) is 5.82 Å². The third-order valence-electron chi connectivity index (χ3n) is 7.60. The lowest BCUT2D eigenvalue weighted by Crippen LogP contribution is -2.29. The summed E-state index contributed by atoms with van der Waals surface area (Å²) in [4.78, 5) is 33.1. The van der Waals surface area contributed by atoms with Crippen LogP contribution in [0.4, 0.5) is 9.52 Å². The van der Waals surface area contributed by atoms with E-state index < -0.39 is 23.5 Å². The number of rotatable bonds is 6. The summed E-state index contributed by atoms with van der Waals surface area (Å²) in [5.41, 5.74) is 3.36. The van der Waals surface area contributed by atoms with E-state index in [0.717, 1.165) is 28.2 Å². The largest absolute Gasteiger partial charge is 0.507 e. The number of ketones is 1. The zero-order valence-electron chi connectivity index (χ0n) is 23.0. The average Bonchev–Trinajstić information content (AvgIpc) is 3.68. The van der Waals surface area contributed by atoms with Crippen molar-refractivity contribution in [3.8, 4) is 11.5 Å². The van der Waals surface area contributed by atoms with Crippen LogP contribution in [0.5, 0.6) is 11.5 Å². The Morgan fingerprint density at radius 1 is 1.05 bits per heavy atom. The van der Waals surface area contributed by atoms with E-state index >= 15 is 0 Å². The van der Waals surface area contributed by atoms with Crippen LogP contribution in [0.3, 0.4) is 0 Å². The molecule has 2 aliphatic heterocycles. The lowest BCUT2D eigenvalue weighted by atomic mass is 9.94. The Balaban J connectivity index is 1.31. The highest BCUT2D eigenvalue weighted by atomic mass is 32.1. The Morgan fingerprint density at radius 2 is 1.84 bits per heavy atom. The van der Waals surface area contributed by atoms with Crippen molar-refractivity contribution >= 4 is 44.1 Å². The number of hydrogen-bond acceptors (Lipinski definition) is 7. The van der Waals surface area contributed by atoms with Crippen molar-refractivity contribution in [1.82, 2.24) is 4.98 Å². The van der Waals surface area contributed by atoms with Crippen LogP contribution in [-0.2, 0) is 22.6 Å². The quantitative estimate of drug-likeness (QED) is 0.130. The van der Waals surface area contributed by atoms with Crippen LogP contribution in [0.2, 0.25) is 0 Å². The Hall–Kier alpha value is -5.02.